The number of rotatable bonds is 4. The summed E-state index contributed by atoms with van der Waals surface area (Å²) in [4.78, 5) is 10.6. The van der Waals surface area contributed by atoms with Crippen molar-refractivity contribution < 1.29 is 0 Å². The van der Waals surface area contributed by atoms with Crippen LogP contribution in [0.3, 0.4) is 0 Å². The van der Waals surface area contributed by atoms with Crippen molar-refractivity contribution in [1.29, 1.82) is 5.26 Å². The van der Waals surface area contributed by atoms with Crippen LogP contribution in [0.1, 0.15) is 27.8 Å². The molecule has 2 aliphatic carbocycles. The lowest BCUT2D eigenvalue weighted by molar-refractivity contribution is 0.795. The maximum atomic E-state index is 9.30. The molecular formula is C54H32N4. The summed E-state index contributed by atoms with van der Waals surface area (Å²) >= 11 is 0. The Bertz CT molecular complexity index is 3290. The van der Waals surface area contributed by atoms with Gasteiger partial charge in [0.05, 0.1) is 33.8 Å². The van der Waals surface area contributed by atoms with Gasteiger partial charge in [-0.05, 0) is 86.0 Å². The molecule has 1 spiro atoms. The SMILES string of the molecule is N#Cc1ccc(-c2ccc(-c3nc(-c4ccccc4)cc(-n4c5ccccc5c5cc6c(cc54)-c4ccccc4C64c5ccccc5-c5ccccc54)n3)cc2)cc1. The van der Waals surface area contributed by atoms with Crippen molar-refractivity contribution in [3.05, 3.63) is 222 Å². The van der Waals surface area contributed by atoms with E-state index in [1.807, 2.05) is 30.3 Å². The fourth-order valence-electron chi connectivity index (χ4n) is 9.78. The van der Waals surface area contributed by atoms with Gasteiger partial charge in [-0.2, -0.15) is 5.26 Å². The number of hydrogen-bond acceptors (Lipinski definition) is 3. The molecule has 0 fully saturated rings. The summed E-state index contributed by atoms with van der Waals surface area (Å²) in [7, 11) is 0. The lowest BCUT2D eigenvalue weighted by Gasteiger charge is -2.30. The number of hydrogen-bond donors (Lipinski definition) is 0. The van der Waals surface area contributed by atoms with Crippen LogP contribution in [-0.4, -0.2) is 14.5 Å². The van der Waals surface area contributed by atoms with Gasteiger partial charge < -0.3 is 0 Å². The standard InChI is InChI=1S/C54H32N4/c55-33-34-22-24-35(25-23-34)36-26-28-38(29-27-36)53-56-49(37-12-2-1-3-13-37)32-52(57-53)58-50-21-11-7-17-42(50)44-30-48-43(31-51(44)58)41-16-6-10-20-47(41)54(48)45-18-8-4-14-39(45)40-15-5-9-19-46(40)54/h1-32H. The summed E-state index contributed by atoms with van der Waals surface area (Å²) in [6, 6.07) is 71.3. The quantitative estimate of drug-likeness (QED) is 0.181. The van der Waals surface area contributed by atoms with Gasteiger partial charge in [0.25, 0.3) is 0 Å². The topological polar surface area (TPSA) is 54.5 Å². The average Bonchev–Trinajstić information content (AvgIpc) is 3.90. The van der Waals surface area contributed by atoms with Gasteiger partial charge in [0.15, 0.2) is 5.82 Å². The van der Waals surface area contributed by atoms with Crippen LogP contribution >= 0.6 is 0 Å². The minimum Gasteiger partial charge on any atom is -0.294 e. The molecule has 0 radical (unpaired) electrons. The molecule has 4 nitrogen and oxygen atoms in total. The lowest BCUT2D eigenvalue weighted by Crippen LogP contribution is -2.25. The summed E-state index contributed by atoms with van der Waals surface area (Å²) in [5.74, 6) is 1.46. The van der Waals surface area contributed by atoms with Gasteiger partial charge in [0, 0.05) is 28.0 Å². The molecule has 2 aromatic heterocycles. The minimum absolute atomic E-state index is 0.428. The van der Waals surface area contributed by atoms with Crippen molar-refractivity contribution >= 4 is 21.8 Å². The Hall–Kier alpha value is -7.87. The predicted molar refractivity (Wildman–Crippen MR) is 234 cm³/mol. The summed E-state index contributed by atoms with van der Waals surface area (Å²) in [6.07, 6.45) is 0. The second-order valence-corrected chi connectivity index (χ2v) is 15.2. The third-order valence-corrected chi connectivity index (χ3v) is 12.3. The molecule has 0 amide bonds. The summed E-state index contributed by atoms with van der Waals surface area (Å²) in [5.41, 5.74) is 17.8. The number of aromatic nitrogens is 3. The highest BCUT2D eigenvalue weighted by molar-refractivity contribution is 6.12. The number of para-hydroxylation sites is 1. The molecule has 10 aromatic rings. The molecule has 0 N–H and O–H groups in total. The van der Waals surface area contributed by atoms with Gasteiger partial charge in [-0.3, -0.25) is 4.57 Å². The molecule has 0 bridgehead atoms. The minimum atomic E-state index is -0.428. The zero-order chi connectivity index (χ0) is 38.4. The van der Waals surface area contributed by atoms with E-state index in [2.05, 4.69) is 174 Å². The first-order valence-corrected chi connectivity index (χ1v) is 19.6. The molecule has 2 aliphatic rings. The van der Waals surface area contributed by atoms with E-state index in [4.69, 9.17) is 9.97 Å². The van der Waals surface area contributed by atoms with Crippen LogP contribution in [0.2, 0.25) is 0 Å². The van der Waals surface area contributed by atoms with Crippen molar-refractivity contribution in [2.45, 2.75) is 5.41 Å². The second-order valence-electron chi connectivity index (χ2n) is 15.2. The van der Waals surface area contributed by atoms with Gasteiger partial charge in [0.1, 0.15) is 5.82 Å². The van der Waals surface area contributed by atoms with E-state index in [-0.39, 0.29) is 0 Å². The van der Waals surface area contributed by atoms with E-state index in [9.17, 15) is 5.26 Å². The molecule has 0 unspecified atom stereocenters. The van der Waals surface area contributed by atoms with E-state index in [0.29, 0.717) is 11.4 Å². The van der Waals surface area contributed by atoms with E-state index in [1.54, 1.807) is 0 Å². The van der Waals surface area contributed by atoms with Crippen LogP contribution in [-0.2, 0) is 5.41 Å². The summed E-state index contributed by atoms with van der Waals surface area (Å²) in [6.45, 7) is 0. The Kier molecular flexibility index (Phi) is 6.88. The summed E-state index contributed by atoms with van der Waals surface area (Å²) in [5, 5.41) is 11.7. The fourth-order valence-corrected chi connectivity index (χ4v) is 9.78. The van der Waals surface area contributed by atoms with Crippen LogP contribution in [0.5, 0.6) is 0 Å². The highest BCUT2D eigenvalue weighted by Gasteiger charge is 2.51. The molecule has 0 aliphatic heterocycles. The highest BCUT2D eigenvalue weighted by atomic mass is 15.1. The van der Waals surface area contributed by atoms with Gasteiger partial charge in [0.2, 0.25) is 0 Å². The van der Waals surface area contributed by atoms with Crippen molar-refractivity contribution in [3.8, 4) is 67.9 Å². The second kappa shape index (κ2) is 12.3. The predicted octanol–water partition coefficient (Wildman–Crippen LogP) is 12.8. The zero-order valence-corrected chi connectivity index (χ0v) is 31.3. The van der Waals surface area contributed by atoms with Crippen LogP contribution in [0.15, 0.2) is 194 Å². The first kappa shape index (κ1) is 32.4. The Labute approximate surface area is 335 Å². The van der Waals surface area contributed by atoms with Gasteiger partial charge >= 0.3 is 0 Å². The zero-order valence-electron chi connectivity index (χ0n) is 31.3. The third kappa shape index (κ3) is 4.50. The Morgan fingerprint density at radius 3 is 1.62 bits per heavy atom. The number of nitriles is 1. The van der Waals surface area contributed by atoms with E-state index >= 15 is 0 Å². The highest BCUT2D eigenvalue weighted by Crippen LogP contribution is 2.63. The maximum absolute atomic E-state index is 9.30. The van der Waals surface area contributed by atoms with E-state index in [0.717, 1.165) is 44.8 Å². The third-order valence-electron chi connectivity index (χ3n) is 12.3. The Morgan fingerprint density at radius 1 is 0.414 bits per heavy atom. The fraction of sp³-hybridized carbons (Fsp3) is 0.0185. The van der Waals surface area contributed by atoms with Gasteiger partial charge in [-0.25, -0.2) is 9.97 Å². The van der Waals surface area contributed by atoms with E-state index < -0.39 is 5.41 Å². The molecule has 268 valence electrons. The van der Waals surface area contributed by atoms with E-state index in [1.165, 1.54) is 55.3 Å². The smallest absolute Gasteiger partial charge is 0.162 e. The first-order valence-electron chi connectivity index (χ1n) is 19.6. The van der Waals surface area contributed by atoms with Crippen molar-refractivity contribution in [2.75, 3.05) is 0 Å². The molecule has 4 heteroatoms. The number of nitrogens with zero attached hydrogens (tertiary/aromatic N) is 4. The number of benzene rings is 8. The van der Waals surface area contributed by atoms with Crippen LogP contribution in [0.25, 0.3) is 83.6 Å². The molecule has 0 saturated heterocycles. The van der Waals surface area contributed by atoms with Crippen LogP contribution in [0.4, 0.5) is 0 Å². The molecule has 0 atom stereocenters. The Balaban J connectivity index is 1.11. The van der Waals surface area contributed by atoms with Crippen molar-refractivity contribution in [1.82, 2.24) is 14.5 Å². The first-order chi connectivity index (χ1) is 28.7. The Morgan fingerprint density at radius 2 is 0.966 bits per heavy atom. The average molecular weight is 737 g/mol. The van der Waals surface area contributed by atoms with Gasteiger partial charge in [-0.1, -0.05) is 158 Å². The van der Waals surface area contributed by atoms with Crippen molar-refractivity contribution in [2.24, 2.45) is 0 Å². The molecule has 12 rings (SSSR count). The maximum Gasteiger partial charge on any atom is 0.162 e. The largest absolute Gasteiger partial charge is 0.294 e. The monoisotopic (exact) mass is 736 g/mol. The molecular weight excluding hydrogens is 705 g/mol. The van der Waals surface area contributed by atoms with Crippen LogP contribution < -0.4 is 0 Å². The lowest BCUT2D eigenvalue weighted by atomic mass is 9.70. The van der Waals surface area contributed by atoms with Gasteiger partial charge in [-0.15, -0.1) is 0 Å². The number of fused-ring (bicyclic) bond motifs is 13. The van der Waals surface area contributed by atoms with Crippen molar-refractivity contribution in [3.63, 3.8) is 0 Å². The molecule has 2 heterocycles. The molecule has 8 aromatic carbocycles. The normalized spacial score (nSPS) is 12.9. The molecule has 0 saturated carbocycles. The summed E-state index contributed by atoms with van der Waals surface area (Å²) < 4.78 is 2.33. The van der Waals surface area contributed by atoms with Crippen LogP contribution in [0, 0.1) is 11.3 Å². The molecule has 58 heavy (non-hydrogen) atoms.